The fourth-order valence-electron chi connectivity index (χ4n) is 3.44. The van der Waals surface area contributed by atoms with Crippen LogP contribution in [0, 0.1) is 10.1 Å². The maximum absolute atomic E-state index is 13.4. The van der Waals surface area contributed by atoms with Crippen LogP contribution in [0.1, 0.15) is 31.4 Å². The van der Waals surface area contributed by atoms with E-state index in [4.69, 9.17) is 19.3 Å². The maximum atomic E-state index is 13.4. The summed E-state index contributed by atoms with van der Waals surface area (Å²) >= 11 is 0. The molecule has 1 aliphatic rings. The van der Waals surface area contributed by atoms with Crippen LogP contribution >= 0.6 is 0 Å². The van der Waals surface area contributed by atoms with Gasteiger partial charge in [-0.2, -0.15) is 10.2 Å². The molecule has 204 valence electrons. The summed E-state index contributed by atoms with van der Waals surface area (Å²) in [4.78, 5) is 50.9. The highest BCUT2D eigenvalue weighted by molar-refractivity contribution is 5.91. The van der Waals surface area contributed by atoms with Crippen molar-refractivity contribution in [3.8, 4) is 11.5 Å². The number of hydrogen-bond donors (Lipinski definition) is 2. The Morgan fingerprint density at radius 3 is 2.35 bits per heavy atom. The Balaban J connectivity index is 2.57. The first-order valence-electron chi connectivity index (χ1n) is 11.3. The summed E-state index contributed by atoms with van der Waals surface area (Å²) in [6, 6.07) is 0.764. The number of nitrogens with zero attached hydrogens (tertiary/aromatic N) is 4. The maximum Gasteiger partial charge on any atom is 0.325 e. The van der Waals surface area contributed by atoms with Gasteiger partial charge in [0.2, 0.25) is 11.8 Å². The minimum Gasteiger partial charge on any atom is -0.493 e. The van der Waals surface area contributed by atoms with E-state index in [1.165, 1.54) is 20.3 Å². The third-order valence-corrected chi connectivity index (χ3v) is 5.51. The third kappa shape index (κ3) is 8.08. The number of hydrogen-bond acceptors (Lipinski definition) is 12. The molecule has 0 aromatic heterocycles. The van der Waals surface area contributed by atoms with Crippen LogP contribution in [-0.2, 0) is 23.9 Å². The van der Waals surface area contributed by atoms with Crippen molar-refractivity contribution >= 4 is 23.5 Å². The van der Waals surface area contributed by atoms with E-state index in [0.717, 1.165) is 18.1 Å². The zero-order valence-corrected chi connectivity index (χ0v) is 21.1. The monoisotopic (exact) mass is 525 g/mol. The number of amides is 2. The van der Waals surface area contributed by atoms with Gasteiger partial charge in [-0.1, -0.05) is 0 Å². The highest BCUT2D eigenvalue weighted by Crippen LogP contribution is 2.40. The number of nitrogens with one attached hydrogen (secondary N) is 1. The second kappa shape index (κ2) is 13.5. The molecule has 37 heavy (non-hydrogen) atoms. The van der Waals surface area contributed by atoms with Gasteiger partial charge >= 0.3 is 5.97 Å². The number of aliphatic hydroxyl groups excluding tert-OH is 1. The number of aliphatic hydroxyl groups is 1. The molecule has 15 nitrogen and oxygen atoms in total. The van der Waals surface area contributed by atoms with E-state index >= 15 is 0 Å². The van der Waals surface area contributed by atoms with Crippen molar-refractivity contribution in [3.63, 3.8) is 0 Å². The zero-order chi connectivity index (χ0) is 27.6. The second-order valence-electron chi connectivity index (χ2n) is 8.06. The van der Waals surface area contributed by atoms with E-state index in [9.17, 15) is 24.5 Å². The largest absolute Gasteiger partial charge is 0.493 e. The molecule has 0 saturated carbocycles. The molecule has 0 aliphatic carbocycles. The van der Waals surface area contributed by atoms with Crippen molar-refractivity contribution in [2.75, 3.05) is 54.2 Å². The van der Waals surface area contributed by atoms with Gasteiger partial charge in [0.1, 0.15) is 12.6 Å². The summed E-state index contributed by atoms with van der Waals surface area (Å²) in [6.45, 7) is 0.666. The number of esters is 1. The third-order valence-electron chi connectivity index (χ3n) is 5.51. The smallest absolute Gasteiger partial charge is 0.325 e. The first-order chi connectivity index (χ1) is 17.6. The first kappa shape index (κ1) is 29.4. The minimum atomic E-state index is -1.56. The highest BCUT2D eigenvalue weighted by Gasteiger charge is 2.39. The Morgan fingerprint density at radius 2 is 1.81 bits per heavy atom. The average Bonchev–Trinajstić information content (AvgIpc) is 3.63. The number of benzene rings is 1. The summed E-state index contributed by atoms with van der Waals surface area (Å²) < 4.78 is 20.3. The van der Waals surface area contributed by atoms with Gasteiger partial charge in [-0.3, -0.25) is 24.5 Å². The van der Waals surface area contributed by atoms with Gasteiger partial charge in [0, 0.05) is 19.4 Å². The van der Waals surface area contributed by atoms with Crippen LogP contribution < -0.4 is 14.8 Å². The lowest BCUT2D eigenvalue weighted by Crippen LogP contribution is -2.46. The number of carbonyl (C=O) groups excluding carboxylic acids is 3. The van der Waals surface area contributed by atoms with Crippen molar-refractivity contribution in [3.05, 3.63) is 27.8 Å². The number of carbonyl (C=O) groups is 3. The summed E-state index contributed by atoms with van der Waals surface area (Å²) in [5.41, 5.74) is -1.39. The lowest BCUT2D eigenvalue weighted by atomic mass is 9.99. The molecule has 1 aliphatic heterocycles. The first-order valence-corrected chi connectivity index (χ1v) is 11.3. The van der Waals surface area contributed by atoms with Crippen LogP contribution in [0.3, 0.4) is 0 Å². The van der Waals surface area contributed by atoms with Crippen LogP contribution in [0.25, 0.3) is 0 Å². The van der Waals surface area contributed by atoms with Crippen molar-refractivity contribution in [2.45, 2.75) is 31.5 Å². The van der Waals surface area contributed by atoms with Gasteiger partial charge < -0.3 is 34.3 Å². The molecule has 1 atom stereocenters. The summed E-state index contributed by atoms with van der Waals surface area (Å²) in [7, 11) is 3.74. The lowest BCUT2D eigenvalue weighted by Gasteiger charge is -2.31. The highest BCUT2D eigenvalue weighted by atomic mass is 16.6. The SMILES string of the molecule is COC(=O)CNC(=O)C(c1cc(OC)c(OC)cc1[N+](=O)[O-])N(CCOCCO)C(=O)CCC1(C)N=N1. The Morgan fingerprint density at radius 1 is 1.16 bits per heavy atom. The normalized spacial score (nSPS) is 13.9. The lowest BCUT2D eigenvalue weighted by molar-refractivity contribution is -0.385. The molecule has 1 aromatic carbocycles. The fraction of sp³-hybridized carbons (Fsp3) is 0.591. The van der Waals surface area contributed by atoms with Crippen molar-refractivity contribution < 1.29 is 43.4 Å². The van der Waals surface area contributed by atoms with Crippen LogP contribution in [0.4, 0.5) is 5.69 Å². The van der Waals surface area contributed by atoms with Crippen molar-refractivity contribution in [2.24, 2.45) is 10.2 Å². The summed E-state index contributed by atoms with van der Waals surface area (Å²) in [5.74, 6) is -2.04. The van der Waals surface area contributed by atoms with Gasteiger partial charge in [0.25, 0.3) is 5.69 Å². The number of methoxy groups -OCH3 is 3. The van der Waals surface area contributed by atoms with Gasteiger partial charge in [-0.15, -0.1) is 0 Å². The van der Waals surface area contributed by atoms with E-state index in [1.54, 1.807) is 6.92 Å². The Hall–Kier alpha value is -3.85. The molecule has 15 heteroatoms. The summed E-state index contributed by atoms with van der Waals surface area (Å²) in [5, 5.41) is 31.1. The Bertz CT molecular complexity index is 1030. The molecule has 0 radical (unpaired) electrons. The van der Waals surface area contributed by atoms with E-state index in [1.807, 2.05) is 0 Å². The molecule has 0 bridgehead atoms. The molecule has 2 rings (SSSR count). The molecule has 2 amide bonds. The fourth-order valence-corrected chi connectivity index (χ4v) is 3.44. The Labute approximate surface area is 212 Å². The molecule has 1 heterocycles. The van der Waals surface area contributed by atoms with E-state index in [0.29, 0.717) is 0 Å². The van der Waals surface area contributed by atoms with Crippen molar-refractivity contribution in [1.82, 2.24) is 10.2 Å². The molecule has 2 N–H and O–H groups in total. The molecule has 0 spiro atoms. The van der Waals surface area contributed by atoms with Gasteiger partial charge in [0.05, 0.1) is 57.7 Å². The molecule has 1 unspecified atom stereocenters. The predicted molar refractivity (Wildman–Crippen MR) is 126 cm³/mol. The predicted octanol–water partition coefficient (Wildman–Crippen LogP) is 0.742. The number of rotatable bonds is 16. The van der Waals surface area contributed by atoms with Crippen LogP contribution in [-0.4, -0.2) is 92.6 Å². The van der Waals surface area contributed by atoms with Crippen LogP contribution in [0.15, 0.2) is 22.4 Å². The van der Waals surface area contributed by atoms with Gasteiger partial charge in [-0.25, -0.2) is 0 Å². The van der Waals surface area contributed by atoms with Gasteiger partial charge in [0.15, 0.2) is 17.2 Å². The van der Waals surface area contributed by atoms with E-state index < -0.39 is 46.6 Å². The molecular weight excluding hydrogens is 494 g/mol. The molecule has 0 saturated heterocycles. The quantitative estimate of drug-likeness (QED) is 0.135. The number of nitro groups is 1. The van der Waals surface area contributed by atoms with Gasteiger partial charge in [-0.05, 0) is 13.0 Å². The molecule has 0 fully saturated rings. The molecule has 1 aromatic rings. The standard InChI is InChI=1S/C22H31N5O10/c1-22(24-25-22)6-5-18(29)26(7-9-37-10-8-28)20(21(31)23-13-19(30)36-4)14-11-16(34-2)17(35-3)12-15(14)27(32)33/h11-12,20,28H,5-10,13H2,1-4H3,(H,23,31). The summed E-state index contributed by atoms with van der Waals surface area (Å²) in [6.07, 6.45) is 0.176. The van der Waals surface area contributed by atoms with Crippen LogP contribution in [0.2, 0.25) is 0 Å². The number of ether oxygens (including phenoxy) is 4. The zero-order valence-electron chi connectivity index (χ0n) is 21.1. The number of nitro benzene ring substituents is 1. The minimum absolute atomic E-state index is 0.0203. The second-order valence-corrected chi connectivity index (χ2v) is 8.06. The topological polar surface area (TPSA) is 191 Å². The van der Waals surface area contributed by atoms with Crippen molar-refractivity contribution in [1.29, 1.82) is 0 Å². The van der Waals surface area contributed by atoms with E-state index in [-0.39, 0.29) is 56.3 Å². The average molecular weight is 526 g/mol. The molecular formula is C22H31N5O10. The van der Waals surface area contributed by atoms with E-state index in [2.05, 4.69) is 20.3 Å². The Kier molecular flexibility index (Phi) is 10.7. The van der Waals surface area contributed by atoms with Crippen LogP contribution in [0.5, 0.6) is 11.5 Å².